The number of nitrogens with one attached hydrogen (secondary N) is 1. The van der Waals surface area contributed by atoms with Crippen LogP contribution in [0.2, 0.25) is 0 Å². The van der Waals surface area contributed by atoms with Crippen molar-refractivity contribution < 1.29 is 9.72 Å². The second-order valence-electron chi connectivity index (χ2n) is 6.29. The number of rotatable bonds is 4. The van der Waals surface area contributed by atoms with E-state index in [0.717, 1.165) is 11.3 Å². The minimum Gasteiger partial charge on any atom is -0.322 e. The minimum absolute atomic E-state index is 0.0642. The number of nitro groups is 1. The van der Waals surface area contributed by atoms with Crippen molar-refractivity contribution in [3.05, 3.63) is 88.0 Å². The number of amides is 1. The Kier molecular flexibility index (Phi) is 4.29. The van der Waals surface area contributed by atoms with E-state index in [1.54, 1.807) is 23.0 Å². The maximum Gasteiger partial charge on any atom is 0.269 e. The van der Waals surface area contributed by atoms with Crippen LogP contribution in [-0.4, -0.2) is 25.8 Å². The molecule has 28 heavy (non-hydrogen) atoms. The summed E-state index contributed by atoms with van der Waals surface area (Å²) in [5, 5.41) is 22.4. The molecule has 0 spiro atoms. The van der Waals surface area contributed by atoms with Crippen molar-refractivity contribution in [2.75, 3.05) is 5.32 Å². The van der Waals surface area contributed by atoms with Crippen LogP contribution in [0.3, 0.4) is 0 Å². The van der Waals surface area contributed by atoms with Crippen LogP contribution in [0, 0.1) is 17.0 Å². The third-order valence-electron chi connectivity index (χ3n) is 4.24. The monoisotopic (exact) mass is 373 g/mol. The standard InChI is InChI=1S/C20H15N5O3/c1-13-2-7-16(8-3-13)24-22-18-11-6-15(12-19(18)23-24)21-20(26)14-4-9-17(10-5-14)25(27)28/h2-12H,1H3,(H,21,26). The molecule has 0 aliphatic rings. The van der Waals surface area contributed by atoms with Crippen molar-refractivity contribution in [3.8, 4) is 5.69 Å². The predicted molar refractivity (Wildman–Crippen MR) is 105 cm³/mol. The third-order valence-corrected chi connectivity index (χ3v) is 4.24. The summed E-state index contributed by atoms with van der Waals surface area (Å²) in [4.78, 5) is 24.1. The van der Waals surface area contributed by atoms with E-state index >= 15 is 0 Å². The summed E-state index contributed by atoms with van der Waals surface area (Å²) >= 11 is 0. The summed E-state index contributed by atoms with van der Waals surface area (Å²) < 4.78 is 0. The molecule has 8 nitrogen and oxygen atoms in total. The fourth-order valence-corrected chi connectivity index (χ4v) is 2.72. The lowest BCUT2D eigenvalue weighted by atomic mass is 10.2. The Balaban J connectivity index is 1.56. The zero-order valence-electron chi connectivity index (χ0n) is 14.9. The zero-order chi connectivity index (χ0) is 19.7. The van der Waals surface area contributed by atoms with Gasteiger partial charge in [-0.2, -0.15) is 4.80 Å². The molecule has 0 aliphatic heterocycles. The van der Waals surface area contributed by atoms with Gasteiger partial charge in [-0.15, -0.1) is 10.2 Å². The number of hydrogen-bond acceptors (Lipinski definition) is 5. The number of nitro benzene ring substituents is 1. The summed E-state index contributed by atoms with van der Waals surface area (Å²) in [6.07, 6.45) is 0. The Labute approximate surface area is 159 Å². The van der Waals surface area contributed by atoms with Crippen molar-refractivity contribution >= 4 is 28.3 Å². The molecule has 8 heteroatoms. The third kappa shape index (κ3) is 3.43. The van der Waals surface area contributed by atoms with E-state index in [9.17, 15) is 14.9 Å². The highest BCUT2D eigenvalue weighted by Crippen LogP contribution is 2.19. The molecule has 1 N–H and O–H groups in total. The SMILES string of the molecule is Cc1ccc(-n2nc3ccc(NC(=O)c4ccc([N+](=O)[O-])cc4)cc3n2)cc1. The first-order valence-corrected chi connectivity index (χ1v) is 8.49. The Hall–Kier alpha value is -4.07. The normalized spacial score (nSPS) is 10.8. The summed E-state index contributed by atoms with van der Waals surface area (Å²) in [7, 11) is 0. The van der Waals surface area contributed by atoms with Crippen molar-refractivity contribution in [1.82, 2.24) is 15.0 Å². The molecule has 1 aromatic heterocycles. The smallest absolute Gasteiger partial charge is 0.269 e. The zero-order valence-corrected chi connectivity index (χ0v) is 14.9. The largest absolute Gasteiger partial charge is 0.322 e. The Morgan fingerprint density at radius 2 is 1.64 bits per heavy atom. The van der Waals surface area contributed by atoms with Crippen LogP contribution in [0.4, 0.5) is 11.4 Å². The van der Waals surface area contributed by atoms with Gasteiger partial charge in [-0.1, -0.05) is 17.7 Å². The van der Waals surface area contributed by atoms with Crippen molar-refractivity contribution in [2.45, 2.75) is 6.92 Å². The quantitative estimate of drug-likeness (QED) is 0.432. The van der Waals surface area contributed by atoms with Crippen LogP contribution < -0.4 is 5.32 Å². The number of aromatic nitrogens is 3. The van der Waals surface area contributed by atoms with E-state index in [1.165, 1.54) is 24.3 Å². The highest BCUT2D eigenvalue weighted by Gasteiger charge is 2.11. The molecule has 0 radical (unpaired) electrons. The second-order valence-corrected chi connectivity index (χ2v) is 6.29. The van der Waals surface area contributed by atoms with Gasteiger partial charge in [0.2, 0.25) is 0 Å². The van der Waals surface area contributed by atoms with Gasteiger partial charge < -0.3 is 5.32 Å². The lowest BCUT2D eigenvalue weighted by Crippen LogP contribution is -2.11. The Bertz CT molecular complexity index is 1180. The van der Waals surface area contributed by atoms with Gasteiger partial charge in [0.15, 0.2) is 0 Å². The number of fused-ring (bicyclic) bond motifs is 1. The summed E-state index contributed by atoms with van der Waals surface area (Å²) in [6.45, 7) is 2.01. The number of carbonyl (C=O) groups excluding carboxylic acids is 1. The molecule has 0 saturated heterocycles. The van der Waals surface area contributed by atoms with Gasteiger partial charge in [-0.05, 0) is 49.4 Å². The Morgan fingerprint density at radius 1 is 0.964 bits per heavy atom. The molecule has 1 amide bonds. The molecule has 0 atom stereocenters. The molecule has 3 aromatic carbocycles. The maximum absolute atomic E-state index is 12.4. The fourth-order valence-electron chi connectivity index (χ4n) is 2.72. The summed E-state index contributed by atoms with van der Waals surface area (Å²) in [6, 6.07) is 18.5. The lowest BCUT2D eigenvalue weighted by molar-refractivity contribution is -0.384. The van der Waals surface area contributed by atoms with Crippen LogP contribution in [-0.2, 0) is 0 Å². The number of hydrogen-bond donors (Lipinski definition) is 1. The van der Waals surface area contributed by atoms with E-state index in [-0.39, 0.29) is 11.6 Å². The van der Waals surface area contributed by atoms with Gasteiger partial charge >= 0.3 is 0 Å². The molecule has 0 bridgehead atoms. The predicted octanol–water partition coefficient (Wildman–Crippen LogP) is 3.89. The van der Waals surface area contributed by atoms with Gasteiger partial charge in [0.25, 0.3) is 11.6 Å². The van der Waals surface area contributed by atoms with Crippen molar-refractivity contribution in [3.63, 3.8) is 0 Å². The number of aryl methyl sites for hydroxylation is 1. The lowest BCUT2D eigenvalue weighted by Gasteiger charge is -2.04. The average molecular weight is 373 g/mol. The minimum atomic E-state index is -0.507. The first-order valence-electron chi connectivity index (χ1n) is 8.49. The average Bonchev–Trinajstić information content (AvgIpc) is 3.12. The van der Waals surface area contributed by atoms with Crippen LogP contribution in [0.1, 0.15) is 15.9 Å². The van der Waals surface area contributed by atoms with Gasteiger partial charge in [-0.25, -0.2) is 0 Å². The van der Waals surface area contributed by atoms with Gasteiger partial charge in [0.1, 0.15) is 11.0 Å². The summed E-state index contributed by atoms with van der Waals surface area (Å²) in [5.74, 6) is -0.361. The molecule has 0 aliphatic carbocycles. The van der Waals surface area contributed by atoms with Crippen LogP contribution >= 0.6 is 0 Å². The first kappa shape index (κ1) is 17.3. The maximum atomic E-state index is 12.4. The molecule has 4 rings (SSSR count). The Morgan fingerprint density at radius 3 is 2.32 bits per heavy atom. The van der Waals surface area contributed by atoms with E-state index in [1.807, 2.05) is 31.2 Å². The van der Waals surface area contributed by atoms with Crippen LogP contribution in [0.25, 0.3) is 16.7 Å². The molecule has 0 fully saturated rings. The van der Waals surface area contributed by atoms with Gasteiger partial charge in [-0.3, -0.25) is 14.9 Å². The van der Waals surface area contributed by atoms with Gasteiger partial charge in [0, 0.05) is 23.4 Å². The molecular weight excluding hydrogens is 358 g/mol. The first-order chi connectivity index (χ1) is 13.5. The highest BCUT2D eigenvalue weighted by atomic mass is 16.6. The second kappa shape index (κ2) is 6.92. The molecule has 1 heterocycles. The molecule has 0 saturated carbocycles. The molecular formula is C20H15N5O3. The number of carbonyl (C=O) groups is 1. The van der Waals surface area contributed by atoms with E-state index in [4.69, 9.17) is 0 Å². The highest BCUT2D eigenvalue weighted by molar-refractivity contribution is 6.05. The van der Waals surface area contributed by atoms with E-state index in [2.05, 4.69) is 15.5 Å². The fraction of sp³-hybridized carbons (Fsp3) is 0.0500. The van der Waals surface area contributed by atoms with Crippen molar-refractivity contribution in [2.24, 2.45) is 0 Å². The number of nitrogens with zero attached hydrogens (tertiary/aromatic N) is 4. The van der Waals surface area contributed by atoms with Gasteiger partial charge in [0.05, 0.1) is 10.6 Å². The molecule has 138 valence electrons. The number of benzene rings is 3. The topological polar surface area (TPSA) is 103 Å². The summed E-state index contributed by atoms with van der Waals surface area (Å²) in [5.41, 5.74) is 4.16. The van der Waals surface area contributed by atoms with E-state index in [0.29, 0.717) is 22.3 Å². The number of non-ortho nitro benzene ring substituents is 1. The molecule has 4 aromatic rings. The van der Waals surface area contributed by atoms with Crippen molar-refractivity contribution in [1.29, 1.82) is 0 Å². The van der Waals surface area contributed by atoms with Crippen LogP contribution in [0.15, 0.2) is 66.7 Å². The number of anilines is 1. The van der Waals surface area contributed by atoms with Crippen LogP contribution in [0.5, 0.6) is 0 Å². The van der Waals surface area contributed by atoms with E-state index < -0.39 is 4.92 Å². The molecule has 0 unspecified atom stereocenters.